The number of benzene rings is 3. The molecule has 0 radical (unpaired) electrons. The molecule has 41 heavy (non-hydrogen) atoms. The van der Waals surface area contributed by atoms with Crippen molar-refractivity contribution in [3.05, 3.63) is 123 Å². The van der Waals surface area contributed by atoms with Crippen molar-refractivity contribution in [1.29, 1.82) is 0 Å². The molecule has 0 bridgehead atoms. The molecule has 0 saturated heterocycles. The Kier molecular flexibility index (Phi) is 8.70. The number of ether oxygens (including phenoxy) is 3. The first-order chi connectivity index (χ1) is 19.7. The zero-order chi connectivity index (χ0) is 29.3. The fourth-order valence-electron chi connectivity index (χ4n) is 4.55. The van der Waals surface area contributed by atoms with E-state index in [1.165, 1.54) is 30.1 Å². The number of esters is 1. The molecule has 1 aliphatic rings. The number of methoxy groups -OCH3 is 2. The summed E-state index contributed by atoms with van der Waals surface area (Å²) in [5.41, 5.74) is 2.55. The maximum Gasteiger partial charge on any atom is 0.338 e. The van der Waals surface area contributed by atoms with Gasteiger partial charge in [0, 0.05) is 21.2 Å². The summed E-state index contributed by atoms with van der Waals surface area (Å²) in [4.78, 5) is 31.8. The van der Waals surface area contributed by atoms with Crippen LogP contribution in [0.15, 0.2) is 86.2 Å². The van der Waals surface area contributed by atoms with Gasteiger partial charge in [0.05, 0.1) is 34.5 Å². The van der Waals surface area contributed by atoms with Crippen LogP contribution in [-0.4, -0.2) is 24.8 Å². The van der Waals surface area contributed by atoms with Gasteiger partial charge < -0.3 is 14.2 Å². The van der Waals surface area contributed by atoms with Crippen molar-refractivity contribution in [2.24, 2.45) is 4.99 Å². The number of allylic oxidation sites excluding steroid dienone is 1. The van der Waals surface area contributed by atoms with Gasteiger partial charge in [-0.2, -0.15) is 0 Å². The van der Waals surface area contributed by atoms with Crippen LogP contribution in [0.4, 0.5) is 0 Å². The fraction of sp³-hybridized carbons (Fsp3) is 0.167. The summed E-state index contributed by atoms with van der Waals surface area (Å²) < 4.78 is 19.3. The van der Waals surface area contributed by atoms with Gasteiger partial charge in [0.1, 0.15) is 24.1 Å². The number of aromatic nitrogens is 1. The molecular formula is C30H23BrCl2N2O5S. The van der Waals surface area contributed by atoms with E-state index in [-0.39, 0.29) is 11.1 Å². The third-order valence-corrected chi connectivity index (χ3v) is 8.71. The highest BCUT2D eigenvalue weighted by molar-refractivity contribution is 9.10. The number of carbonyl (C=O) groups excluding carboxylic acids is 1. The van der Waals surface area contributed by atoms with Crippen LogP contribution in [0.25, 0.3) is 6.08 Å². The number of thiazole rings is 1. The predicted octanol–water partition coefficient (Wildman–Crippen LogP) is 6.07. The van der Waals surface area contributed by atoms with Gasteiger partial charge in [-0.25, -0.2) is 9.79 Å². The third-order valence-electron chi connectivity index (χ3n) is 6.51. The zero-order valence-electron chi connectivity index (χ0n) is 22.1. The first-order valence-corrected chi connectivity index (χ1v) is 14.7. The van der Waals surface area contributed by atoms with E-state index >= 15 is 0 Å². The molecule has 1 aromatic heterocycles. The summed E-state index contributed by atoms with van der Waals surface area (Å²) in [5, 5.41) is 1.07. The van der Waals surface area contributed by atoms with Gasteiger partial charge in [-0.3, -0.25) is 9.36 Å². The zero-order valence-corrected chi connectivity index (χ0v) is 26.0. The van der Waals surface area contributed by atoms with E-state index in [2.05, 4.69) is 20.9 Å². The highest BCUT2D eigenvalue weighted by Gasteiger charge is 2.35. The minimum absolute atomic E-state index is 0.231. The van der Waals surface area contributed by atoms with E-state index < -0.39 is 12.0 Å². The first-order valence-electron chi connectivity index (χ1n) is 12.3. The molecule has 210 valence electrons. The van der Waals surface area contributed by atoms with Crippen molar-refractivity contribution in [3.63, 3.8) is 0 Å². The molecule has 0 N–H and O–H groups in total. The van der Waals surface area contributed by atoms with Crippen LogP contribution in [0, 0.1) is 0 Å². The number of halogens is 3. The summed E-state index contributed by atoms with van der Waals surface area (Å²) in [5.74, 6) is 0.514. The quantitative estimate of drug-likeness (QED) is 0.223. The third kappa shape index (κ3) is 5.85. The van der Waals surface area contributed by atoms with Crippen molar-refractivity contribution in [2.75, 3.05) is 14.2 Å². The Bertz CT molecular complexity index is 1880. The second-order valence-corrected chi connectivity index (χ2v) is 11.7. The van der Waals surface area contributed by atoms with E-state index in [0.29, 0.717) is 48.7 Å². The molecule has 3 aromatic carbocycles. The summed E-state index contributed by atoms with van der Waals surface area (Å²) in [7, 11) is 2.81. The average molecular weight is 674 g/mol. The summed E-state index contributed by atoms with van der Waals surface area (Å²) >= 11 is 17.4. The lowest BCUT2D eigenvalue weighted by Gasteiger charge is -2.25. The van der Waals surface area contributed by atoms with E-state index in [1.54, 1.807) is 31.2 Å². The normalized spacial score (nSPS) is 14.9. The van der Waals surface area contributed by atoms with Crippen LogP contribution in [0.1, 0.15) is 29.7 Å². The molecule has 0 amide bonds. The number of rotatable bonds is 7. The van der Waals surface area contributed by atoms with Crippen LogP contribution in [-0.2, 0) is 16.1 Å². The van der Waals surface area contributed by atoms with E-state index in [1.807, 2.05) is 42.5 Å². The molecule has 5 rings (SSSR count). The SMILES string of the molecule is COC(=O)C1=C(C)N=c2s/c(=C\c3ccc(OCc4ccccc4Cl)c(Br)c3)c(=O)n2[C@H]1c1cc(Cl)ccc1OC. The number of carbonyl (C=O) groups is 1. The van der Waals surface area contributed by atoms with Gasteiger partial charge in [-0.1, -0.05) is 58.8 Å². The second kappa shape index (κ2) is 12.2. The molecule has 0 fully saturated rings. The monoisotopic (exact) mass is 672 g/mol. The van der Waals surface area contributed by atoms with Crippen molar-refractivity contribution < 1.29 is 19.0 Å². The highest BCUT2D eigenvalue weighted by atomic mass is 79.9. The van der Waals surface area contributed by atoms with Gasteiger partial charge in [0.15, 0.2) is 4.80 Å². The molecule has 0 aliphatic carbocycles. The Labute approximate surface area is 258 Å². The molecule has 0 saturated carbocycles. The molecular weight excluding hydrogens is 651 g/mol. The van der Waals surface area contributed by atoms with Crippen LogP contribution < -0.4 is 24.4 Å². The standard InChI is InChI=1S/C30H23BrCl2N2O5S/c1-16-26(29(37)39-3)27(20-14-19(32)9-11-23(20)38-2)35-28(36)25(41-30(35)34-16)13-17-8-10-24(21(31)12-17)40-15-18-6-4-5-7-22(18)33/h4-14,27H,15H2,1-3H3/b25-13-/t27-/m0/s1. The largest absolute Gasteiger partial charge is 0.496 e. The predicted molar refractivity (Wildman–Crippen MR) is 164 cm³/mol. The summed E-state index contributed by atoms with van der Waals surface area (Å²) in [6.45, 7) is 2.02. The summed E-state index contributed by atoms with van der Waals surface area (Å²) in [6.07, 6.45) is 1.77. The number of hydrogen-bond donors (Lipinski definition) is 0. The lowest BCUT2D eigenvalue weighted by atomic mass is 9.95. The van der Waals surface area contributed by atoms with E-state index in [0.717, 1.165) is 15.6 Å². The Morgan fingerprint density at radius 2 is 1.85 bits per heavy atom. The van der Waals surface area contributed by atoms with Crippen molar-refractivity contribution >= 4 is 62.5 Å². The summed E-state index contributed by atoms with van der Waals surface area (Å²) in [6, 6.07) is 17.3. The highest BCUT2D eigenvalue weighted by Crippen LogP contribution is 2.37. The molecule has 2 heterocycles. The molecule has 4 aromatic rings. The van der Waals surface area contributed by atoms with Crippen LogP contribution in [0.5, 0.6) is 11.5 Å². The van der Waals surface area contributed by atoms with Crippen LogP contribution >= 0.6 is 50.5 Å². The van der Waals surface area contributed by atoms with Gasteiger partial charge in [-0.05, 0) is 70.9 Å². The number of fused-ring (bicyclic) bond motifs is 1. The van der Waals surface area contributed by atoms with Crippen LogP contribution in [0.3, 0.4) is 0 Å². The average Bonchev–Trinajstić information content (AvgIpc) is 3.26. The van der Waals surface area contributed by atoms with E-state index in [4.69, 9.17) is 37.4 Å². The van der Waals surface area contributed by atoms with Gasteiger partial charge in [0.25, 0.3) is 5.56 Å². The lowest BCUT2D eigenvalue weighted by molar-refractivity contribution is -0.136. The molecule has 11 heteroatoms. The van der Waals surface area contributed by atoms with Gasteiger partial charge in [0.2, 0.25) is 0 Å². The van der Waals surface area contributed by atoms with Crippen molar-refractivity contribution in [3.8, 4) is 11.5 Å². The Hall–Kier alpha value is -3.37. The second-order valence-electron chi connectivity index (χ2n) is 9.03. The smallest absolute Gasteiger partial charge is 0.338 e. The molecule has 0 spiro atoms. The first kappa shape index (κ1) is 29.1. The number of hydrogen-bond acceptors (Lipinski definition) is 7. The maximum absolute atomic E-state index is 13.9. The molecule has 0 unspecified atom stereocenters. The van der Waals surface area contributed by atoms with Crippen molar-refractivity contribution in [2.45, 2.75) is 19.6 Å². The Balaban J connectivity index is 1.57. The minimum Gasteiger partial charge on any atom is -0.496 e. The minimum atomic E-state index is -0.846. The Morgan fingerprint density at radius 1 is 1.10 bits per heavy atom. The molecule has 1 atom stereocenters. The van der Waals surface area contributed by atoms with E-state index in [9.17, 15) is 9.59 Å². The molecule has 7 nitrogen and oxygen atoms in total. The van der Waals surface area contributed by atoms with Gasteiger partial charge in [-0.15, -0.1) is 0 Å². The van der Waals surface area contributed by atoms with Crippen molar-refractivity contribution in [1.82, 2.24) is 4.57 Å². The van der Waals surface area contributed by atoms with Crippen LogP contribution in [0.2, 0.25) is 10.0 Å². The molecule has 1 aliphatic heterocycles. The topological polar surface area (TPSA) is 79.1 Å². The van der Waals surface area contributed by atoms with Gasteiger partial charge >= 0.3 is 5.97 Å². The lowest BCUT2D eigenvalue weighted by Crippen LogP contribution is -2.40. The maximum atomic E-state index is 13.9. The fourth-order valence-corrected chi connectivity index (χ4v) is 6.48. The number of nitrogens with zero attached hydrogens (tertiary/aromatic N) is 2. The Morgan fingerprint density at radius 3 is 2.56 bits per heavy atom.